The highest BCUT2D eigenvalue weighted by Gasteiger charge is 2.49. The summed E-state index contributed by atoms with van der Waals surface area (Å²) in [5, 5.41) is 0. The van der Waals surface area contributed by atoms with Gasteiger partial charge in [-0.15, -0.1) is 0 Å². The van der Waals surface area contributed by atoms with Crippen LogP contribution in [0.2, 0.25) is 0 Å². The minimum Gasteiger partial charge on any atom is -0.309 e. The Morgan fingerprint density at radius 3 is 2.62 bits per heavy atom. The van der Waals surface area contributed by atoms with E-state index in [0.29, 0.717) is 11.7 Å². The van der Waals surface area contributed by atoms with E-state index in [1.54, 1.807) is 0 Å². The fourth-order valence-corrected chi connectivity index (χ4v) is 3.39. The van der Waals surface area contributed by atoms with E-state index in [2.05, 4.69) is 23.1 Å². The molecule has 3 rings (SSSR count). The molecule has 0 aliphatic heterocycles. The Kier molecular flexibility index (Phi) is 2.15. The summed E-state index contributed by atoms with van der Waals surface area (Å²) in [7, 11) is 4.09. The number of benzene rings is 1. The summed E-state index contributed by atoms with van der Waals surface area (Å²) in [6.07, 6.45) is 1.05. The number of nitrogens with zero attached hydrogens (tertiary/aromatic N) is 1. The number of hydrogen-bond acceptors (Lipinski definition) is 2. The highest BCUT2D eigenvalue weighted by molar-refractivity contribution is 5.94. The molecule has 1 aromatic carbocycles. The Balaban J connectivity index is 1.98. The van der Waals surface area contributed by atoms with Crippen LogP contribution in [0.1, 0.15) is 29.4 Å². The second kappa shape index (κ2) is 3.42. The quantitative estimate of drug-likeness (QED) is 0.752. The minimum absolute atomic E-state index is 0.200. The van der Waals surface area contributed by atoms with Gasteiger partial charge >= 0.3 is 0 Å². The van der Waals surface area contributed by atoms with Crippen LogP contribution in [0.15, 0.2) is 24.3 Å². The van der Waals surface area contributed by atoms with Crippen LogP contribution in [-0.4, -0.2) is 31.3 Å². The first kappa shape index (κ1) is 10.0. The van der Waals surface area contributed by atoms with Crippen LogP contribution in [0.3, 0.4) is 0 Å². The Hall–Kier alpha value is -1.15. The Bertz CT molecular complexity index is 438. The van der Waals surface area contributed by atoms with Gasteiger partial charge in [0.1, 0.15) is 5.78 Å². The lowest BCUT2D eigenvalue weighted by Crippen LogP contribution is -2.31. The van der Waals surface area contributed by atoms with Crippen LogP contribution in [0.4, 0.5) is 0 Å². The van der Waals surface area contributed by atoms with Gasteiger partial charge in [-0.3, -0.25) is 4.79 Å². The van der Waals surface area contributed by atoms with Gasteiger partial charge in [-0.1, -0.05) is 24.3 Å². The molecule has 0 amide bonds. The van der Waals surface area contributed by atoms with Gasteiger partial charge in [-0.05, 0) is 37.6 Å². The van der Waals surface area contributed by atoms with Crippen molar-refractivity contribution in [2.24, 2.45) is 5.92 Å². The highest BCUT2D eigenvalue weighted by atomic mass is 16.1. The third-order valence-corrected chi connectivity index (χ3v) is 4.02. The third kappa shape index (κ3) is 1.26. The zero-order valence-electron chi connectivity index (χ0n) is 9.81. The van der Waals surface area contributed by atoms with Crippen molar-refractivity contribution < 1.29 is 4.79 Å². The number of ketones is 1. The maximum absolute atomic E-state index is 12.2. The molecular formula is C14H17NO. The summed E-state index contributed by atoms with van der Waals surface area (Å²) in [6.45, 7) is 0.897. The molecule has 0 saturated heterocycles. The first-order valence-electron chi connectivity index (χ1n) is 5.95. The maximum atomic E-state index is 12.2. The SMILES string of the molecule is CN(C)C[C@H]1C(=O)[C@@H]2C[C@H]1c1ccccc12. The number of Topliss-reactive ketones (excluding diaryl/α,β-unsaturated/α-hetero) is 1. The summed E-state index contributed by atoms with van der Waals surface area (Å²) in [5.74, 6) is 1.38. The summed E-state index contributed by atoms with van der Waals surface area (Å²) >= 11 is 0. The van der Waals surface area contributed by atoms with E-state index in [1.807, 2.05) is 20.2 Å². The number of carbonyl (C=O) groups excluding carboxylic acids is 1. The molecule has 2 bridgehead atoms. The van der Waals surface area contributed by atoms with Crippen LogP contribution in [-0.2, 0) is 4.79 Å². The van der Waals surface area contributed by atoms with E-state index in [9.17, 15) is 4.79 Å². The van der Waals surface area contributed by atoms with Gasteiger partial charge in [0, 0.05) is 18.4 Å². The molecule has 2 nitrogen and oxygen atoms in total. The molecule has 2 aliphatic rings. The van der Waals surface area contributed by atoms with Gasteiger partial charge in [0.2, 0.25) is 0 Å². The van der Waals surface area contributed by atoms with Crippen LogP contribution in [0, 0.1) is 5.92 Å². The van der Waals surface area contributed by atoms with Crippen molar-refractivity contribution >= 4 is 5.78 Å². The first-order chi connectivity index (χ1) is 7.68. The summed E-state index contributed by atoms with van der Waals surface area (Å²) in [4.78, 5) is 14.4. The lowest BCUT2D eigenvalue weighted by atomic mass is 9.82. The van der Waals surface area contributed by atoms with Gasteiger partial charge in [0.25, 0.3) is 0 Å². The van der Waals surface area contributed by atoms with E-state index in [-0.39, 0.29) is 11.8 Å². The van der Waals surface area contributed by atoms with E-state index in [0.717, 1.165) is 13.0 Å². The molecule has 1 aromatic rings. The van der Waals surface area contributed by atoms with E-state index < -0.39 is 0 Å². The van der Waals surface area contributed by atoms with Crippen molar-refractivity contribution in [3.05, 3.63) is 35.4 Å². The van der Waals surface area contributed by atoms with Crippen molar-refractivity contribution in [1.82, 2.24) is 4.90 Å². The average Bonchev–Trinajstić information content (AvgIpc) is 2.77. The Morgan fingerprint density at radius 1 is 1.25 bits per heavy atom. The van der Waals surface area contributed by atoms with Crippen molar-refractivity contribution in [3.63, 3.8) is 0 Å². The maximum Gasteiger partial charge on any atom is 0.145 e. The zero-order chi connectivity index (χ0) is 11.3. The summed E-state index contributed by atoms with van der Waals surface area (Å²) in [5.41, 5.74) is 2.73. The summed E-state index contributed by atoms with van der Waals surface area (Å²) in [6, 6.07) is 8.48. The van der Waals surface area contributed by atoms with Gasteiger partial charge in [0.05, 0.1) is 0 Å². The van der Waals surface area contributed by atoms with Crippen molar-refractivity contribution in [2.75, 3.05) is 20.6 Å². The molecule has 0 aromatic heterocycles. The second-order valence-corrected chi connectivity index (χ2v) is 5.29. The largest absolute Gasteiger partial charge is 0.309 e. The molecule has 2 aliphatic carbocycles. The molecule has 1 fully saturated rings. The standard InChI is InChI=1S/C14H17NO/c1-15(2)8-13-11-7-12(14(13)16)10-6-4-3-5-9(10)11/h3-6,11-13H,7-8H2,1-2H3/t11-,12+,13+/m0/s1. The molecule has 0 N–H and O–H groups in total. The predicted octanol–water partition coefficient (Wildman–Crippen LogP) is 2.02. The second-order valence-electron chi connectivity index (χ2n) is 5.29. The Labute approximate surface area is 96.3 Å². The van der Waals surface area contributed by atoms with E-state index in [1.165, 1.54) is 11.1 Å². The lowest BCUT2D eigenvalue weighted by molar-refractivity contribution is -0.122. The van der Waals surface area contributed by atoms with Crippen molar-refractivity contribution in [3.8, 4) is 0 Å². The van der Waals surface area contributed by atoms with E-state index in [4.69, 9.17) is 0 Å². The third-order valence-electron chi connectivity index (χ3n) is 4.02. The number of fused-ring (bicyclic) bond motifs is 5. The lowest BCUT2D eigenvalue weighted by Gasteiger charge is -2.25. The fourth-order valence-electron chi connectivity index (χ4n) is 3.39. The molecule has 0 spiro atoms. The molecule has 3 atom stereocenters. The molecule has 0 heterocycles. The van der Waals surface area contributed by atoms with Crippen molar-refractivity contribution in [2.45, 2.75) is 18.3 Å². The number of carbonyl (C=O) groups is 1. The molecule has 84 valence electrons. The van der Waals surface area contributed by atoms with E-state index >= 15 is 0 Å². The first-order valence-corrected chi connectivity index (χ1v) is 5.95. The molecule has 1 saturated carbocycles. The zero-order valence-corrected chi connectivity index (χ0v) is 9.81. The average molecular weight is 215 g/mol. The van der Waals surface area contributed by atoms with Crippen LogP contribution in [0.5, 0.6) is 0 Å². The van der Waals surface area contributed by atoms with Crippen molar-refractivity contribution in [1.29, 1.82) is 0 Å². The highest BCUT2D eigenvalue weighted by Crippen LogP contribution is 2.53. The molecule has 2 heteroatoms. The van der Waals surface area contributed by atoms with Gasteiger partial charge in [-0.2, -0.15) is 0 Å². The summed E-state index contributed by atoms with van der Waals surface area (Å²) < 4.78 is 0. The molecular weight excluding hydrogens is 198 g/mol. The number of hydrogen-bond donors (Lipinski definition) is 0. The van der Waals surface area contributed by atoms with Crippen LogP contribution < -0.4 is 0 Å². The molecule has 16 heavy (non-hydrogen) atoms. The monoisotopic (exact) mass is 215 g/mol. The Morgan fingerprint density at radius 2 is 1.94 bits per heavy atom. The van der Waals surface area contributed by atoms with Gasteiger partial charge < -0.3 is 4.90 Å². The van der Waals surface area contributed by atoms with Gasteiger partial charge in [0.15, 0.2) is 0 Å². The predicted molar refractivity (Wildman–Crippen MR) is 63.6 cm³/mol. The smallest absolute Gasteiger partial charge is 0.145 e. The van der Waals surface area contributed by atoms with Crippen LogP contribution >= 0.6 is 0 Å². The molecule has 0 radical (unpaired) electrons. The normalized spacial score (nSPS) is 31.2. The number of rotatable bonds is 2. The van der Waals surface area contributed by atoms with Crippen LogP contribution in [0.25, 0.3) is 0 Å². The minimum atomic E-state index is 0.200. The van der Waals surface area contributed by atoms with Gasteiger partial charge in [-0.25, -0.2) is 0 Å². The fraction of sp³-hybridized carbons (Fsp3) is 0.500. The molecule has 0 unspecified atom stereocenters. The topological polar surface area (TPSA) is 20.3 Å².